The molecule has 3 N–H and O–H groups in total. The molecule has 180 valence electrons. The Morgan fingerprint density at radius 2 is 1.89 bits per heavy atom. The number of nitrogens with zero attached hydrogens (tertiary/aromatic N) is 3. The molecule has 0 saturated carbocycles. The Morgan fingerprint density at radius 1 is 1.03 bits per heavy atom. The quantitative estimate of drug-likeness (QED) is 0.317. The standard InChI is InChI=1S/C26H21FN6O2S/c1-36(34,35)33-19-9-16(12-28-14-19)17-10-22-25(31-32-26(22)29-13-17)24-11-21-20(6-3-7-23(21)30-24)15-4-2-5-18(27)8-15/h2,4-6,8-14,30,33H,3,7H2,1H3,(H,29,31,32). The molecule has 0 bridgehead atoms. The van der Waals surface area contributed by atoms with Gasteiger partial charge in [0.05, 0.1) is 29.5 Å². The maximum Gasteiger partial charge on any atom is 0.229 e. The van der Waals surface area contributed by atoms with Gasteiger partial charge in [-0.1, -0.05) is 18.2 Å². The number of halogens is 1. The van der Waals surface area contributed by atoms with Gasteiger partial charge in [-0.05, 0) is 54.3 Å². The van der Waals surface area contributed by atoms with Crippen LogP contribution in [0.5, 0.6) is 0 Å². The van der Waals surface area contributed by atoms with E-state index < -0.39 is 10.0 Å². The van der Waals surface area contributed by atoms with Crippen LogP contribution in [0.15, 0.2) is 67.1 Å². The second-order valence-electron chi connectivity index (χ2n) is 8.77. The van der Waals surface area contributed by atoms with Crippen LogP contribution in [0.25, 0.3) is 39.1 Å². The fourth-order valence-corrected chi connectivity index (χ4v) is 5.14. The van der Waals surface area contributed by atoms with E-state index in [2.05, 4.69) is 42.0 Å². The van der Waals surface area contributed by atoms with E-state index in [1.54, 1.807) is 30.6 Å². The van der Waals surface area contributed by atoms with Gasteiger partial charge >= 0.3 is 0 Å². The molecule has 1 aliphatic rings. The summed E-state index contributed by atoms with van der Waals surface area (Å²) in [6.07, 6.45) is 9.74. The number of sulfonamides is 1. The van der Waals surface area contributed by atoms with E-state index in [-0.39, 0.29) is 5.82 Å². The van der Waals surface area contributed by atoms with Gasteiger partial charge in [-0.15, -0.1) is 0 Å². The van der Waals surface area contributed by atoms with Gasteiger partial charge in [0.25, 0.3) is 0 Å². The molecule has 0 saturated heterocycles. The number of nitrogens with one attached hydrogen (secondary N) is 3. The van der Waals surface area contributed by atoms with E-state index in [4.69, 9.17) is 0 Å². The van der Waals surface area contributed by atoms with E-state index in [9.17, 15) is 12.8 Å². The molecule has 0 amide bonds. The molecule has 0 radical (unpaired) electrons. The zero-order valence-electron chi connectivity index (χ0n) is 19.2. The number of H-pyrrole nitrogens is 2. The number of pyridine rings is 2. The van der Waals surface area contributed by atoms with Crippen LogP contribution in [0.2, 0.25) is 0 Å². The van der Waals surface area contributed by atoms with Crippen LogP contribution in [-0.4, -0.2) is 39.8 Å². The monoisotopic (exact) mass is 500 g/mol. The van der Waals surface area contributed by atoms with Crippen molar-refractivity contribution in [3.63, 3.8) is 0 Å². The van der Waals surface area contributed by atoms with Gasteiger partial charge in [0.1, 0.15) is 5.82 Å². The molecule has 1 aliphatic carbocycles. The molecule has 4 heterocycles. The summed E-state index contributed by atoms with van der Waals surface area (Å²) < 4.78 is 39.6. The molecule has 10 heteroatoms. The summed E-state index contributed by atoms with van der Waals surface area (Å²) in [5, 5.41) is 8.27. The number of rotatable bonds is 5. The van der Waals surface area contributed by atoms with Crippen molar-refractivity contribution in [2.75, 3.05) is 11.0 Å². The first-order chi connectivity index (χ1) is 17.3. The third-order valence-corrected chi connectivity index (χ3v) is 6.73. The minimum Gasteiger partial charge on any atom is -0.357 e. The predicted molar refractivity (Wildman–Crippen MR) is 137 cm³/mol. The highest BCUT2D eigenvalue weighted by Gasteiger charge is 2.20. The second kappa shape index (κ2) is 8.42. The smallest absolute Gasteiger partial charge is 0.229 e. The summed E-state index contributed by atoms with van der Waals surface area (Å²) in [4.78, 5) is 12.2. The Labute approximate surface area is 206 Å². The first-order valence-corrected chi connectivity index (χ1v) is 13.2. The van der Waals surface area contributed by atoms with Crippen molar-refractivity contribution in [1.29, 1.82) is 0 Å². The number of hydrogen-bond donors (Lipinski definition) is 3. The summed E-state index contributed by atoms with van der Waals surface area (Å²) in [5.41, 5.74) is 8.02. The summed E-state index contributed by atoms with van der Waals surface area (Å²) in [6.45, 7) is 0. The van der Waals surface area contributed by atoms with Gasteiger partial charge < -0.3 is 4.98 Å². The number of fused-ring (bicyclic) bond motifs is 2. The lowest BCUT2D eigenvalue weighted by atomic mass is 9.91. The lowest BCUT2D eigenvalue weighted by Gasteiger charge is -2.14. The van der Waals surface area contributed by atoms with Crippen LogP contribution in [0, 0.1) is 5.82 Å². The topological polar surface area (TPSA) is 116 Å². The first-order valence-electron chi connectivity index (χ1n) is 11.3. The summed E-state index contributed by atoms with van der Waals surface area (Å²) >= 11 is 0. The van der Waals surface area contributed by atoms with Gasteiger partial charge in [-0.3, -0.25) is 14.8 Å². The molecule has 36 heavy (non-hydrogen) atoms. The largest absolute Gasteiger partial charge is 0.357 e. The van der Waals surface area contributed by atoms with E-state index in [0.717, 1.165) is 63.8 Å². The lowest BCUT2D eigenvalue weighted by molar-refractivity contribution is 0.606. The fraction of sp³-hybridized carbons (Fsp3) is 0.115. The predicted octanol–water partition coefficient (Wildman–Crippen LogP) is 4.90. The maximum atomic E-state index is 13.9. The number of aromatic nitrogens is 5. The lowest BCUT2D eigenvalue weighted by Crippen LogP contribution is -2.09. The zero-order chi connectivity index (χ0) is 24.9. The normalized spacial score (nSPS) is 13.4. The third-order valence-electron chi connectivity index (χ3n) is 6.12. The van der Waals surface area contributed by atoms with E-state index in [1.165, 1.54) is 12.3 Å². The average Bonchev–Trinajstić information content (AvgIpc) is 3.46. The van der Waals surface area contributed by atoms with Gasteiger partial charge in [0.15, 0.2) is 5.65 Å². The minimum atomic E-state index is -3.42. The molecule has 0 aliphatic heterocycles. The Kier molecular flexibility index (Phi) is 5.18. The zero-order valence-corrected chi connectivity index (χ0v) is 20.0. The van der Waals surface area contributed by atoms with E-state index >= 15 is 0 Å². The highest BCUT2D eigenvalue weighted by atomic mass is 32.2. The summed E-state index contributed by atoms with van der Waals surface area (Å²) in [5.74, 6) is -0.264. The van der Waals surface area contributed by atoms with Gasteiger partial charge in [0, 0.05) is 40.2 Å². The Morgan fingerprint density at radius 3 is 2.72 bits per heavy atom. The molecule has 0 spiro atoms. The number of benzene rings is 1. The minimum absolute atomic E-state index is 0.264. The van der Waals surface area contributed by atoms with Crippen molar-refractivity contribution < 1.29 is 12.8 Å². The van der Waals surface area contributed by atoms with Crippen molar-refractivity contribution >= 4 is 32.3 Å². The summed E-state index contributed by atoms with van der Waals surface area (Å²) in [6, 6.07) is 12.3. The SMILES string of the molecule is CS(=O)(=O)Nc1cncc(-c2cnc3n[nH]c(-c4cc5c([nH]4)CCC=C5c4cccc(F)c4)c3c2)c1. The number of aryl methyl sites for hydroxylation is 1. The van der Waals surface area contributed by atoms with Crippen LogP contribution >= 0.6 is 0 Å². The maximum absolute atomic E-state index is 13.9. The molecular formula is C26H21FN6O2S. The number of allylic oxidation sites excluding steroid dienone is 1. The number of hydrogen-bond acceptors (Lipinski definition) is 5. The molecule has 0 unspecified atom stereocenters. The highest BCUT2D eigenvalue weighted by molar-refractivity contribution is 7.92. The van der Waals surface area contributed by atoms with Crippen LogP contribution < -0.4 is 4.72 Å². The Hall–Kier alpha value is -4.31. The molecule has 4 aromatic heterocycles. The van der Waals surface area contributed by atoms with E-state index in [0.29, 0.717) is 16.9 Å². The molecule has 0 atom stereocenters. The van der Waals surface area contributed by atoms with Crippen LogP contribution in [0.4, 0.5) is 10.1 Å². The number of anilines is 1. The van der Waals surface area contributed by atoms with Crippen molar-refractivity contribution in [2.24, 2.45) is 0 Å². The van der Waals surface area contributed by atoms with Gasteiger partial charge in [-0.2, -0.15) is 5.10 Å². The number of aromatic amines is 2. The fourth-order valence-electron chi connectivity index (χ4n) is 4.60. The van der Waals surface area contributed by atoms with Gasteiger partial charge in [0.2, 0.25) is 10.0 Å². The molecule has 6 rings (SSSR count). The molecular weight excluding hydrogens is 479 g/mol. The average molecular weight is 501 g/mol. The van der Waals surface area contributed by atoms with E-state index in [1.807, 2.05) is 12.1 Å². The Bertz CT molecular complexity index is 1770. The Balaban J connectivity index is 1.40. The second-order valence-corrected chi connectivity index (χ2v) is 10.5. The summed E-state index contributed by atoms with van der Waals surface area (Å²) in [7, 11) is -3.42. The van der Waals surface area contributed by atoms with Gasteiger partial charge in [-0.25, -0.2) is 17.8 Å². The third kappa shape index (κ3) is 4.16. The molecule has 1 aromatic carbocycles. The first kappa shape index (κ1) is 22.2. The highest BCUT2D eigenvalue weighted by Crippen LogP contribution is 2.36. The molecule has 0 fully saturated rings. The van der Waals surface area contributed by atoms with Crippen LogP contribution in [0.3, 0.4) is 0 Å². The molecule has 5 aromatic rings. The molecule has 8 nitrogen and oxygen atoms in total. The van der Waals surface area contributed by atoms with Crippen LogP contribution in [-0.2, 0) is 16.4 Å². The van der Waals surface area contributed by atoms with Crippen molar-refractivity contribution in [3.8, 4) is 22.5 Å². The van der Waals surface area contributed by atoms with Crippen molar-refractivity contribution in [2.45, 2.75) is 12.8 Å². The van der Waals surface area contributed by atoms with Crippen LogP contribution in [0.1, 0.15) is 23.2 Å². The van der Waals surface area contributed by atoms with Crippen molar-refractivity contribution in [3.05, 3.63) is 89.8 Å². The van der Waals surface area contributed by atoms with Crippen molar-refractivity contribution in [1.82, 2.24) is 25.1 Å².